The Bertz CT molecular complexity index is 140. The molecule has 0 aliphatic heterocycles. The monoisotopic (exact) mass is 230 g/mol. The highest BCUT2D eigenvalue weighted by Gasteiger charge is 2.07. The molecule has 0 heterocycles. The third kappa shape index (κ3) is 9.13. The van der Waals surface area contributed by atoms with Crippen LogP contribution in [0, 0.1) is 0 Å². The van der Waals surface area contributed by atoms with Gasteiger partial charge in [-0.2, -0.15) is 0 Å². The lowest BCUT2D eigenvalue weighted by Gasteiger charge is -2.26. The highest BCUT2D eigenvalue weighted by molar-refractivity contribution is 4.62. The van der Waals surface area contributed by atoms with Crippen molar-refractivity contribution in [3.05, 3.63) is 0 Å². The molecule has 0 amide bonds. The SMILES string of the molecule is CCNCCCCCN(CCOC)C(C)C. The molecule has 1 N–H and O–H groups in total. The van der Waals surface area contributed by atoms with Gasteiger partial charge in [-0.05, 0) is 46.3 Å². The lowest BCUT2D eigenvalue weighted by Crippen LogP contribution is -2.34. The van der Waals surface area contributed by atoms with E-state index in [2.05, 4.69) is 31.0 Å². The average Bonchev–Trinajstić information content (AvgIpc) is 2.26. The van der Waals surface area contributed by atoms with Gasteiger partial charge in [0.25, 0.3) is 0 Å². The minimum atomic E-state index is 0.629. The van der Waals surface area contributed by atoms with Gasteiger partial charge >= 0.3 is 0 Å². The van der Waals surface area contributed by atoms with Crippen molar-refractivity contribution in [2.75, 3.05) is 39.9 Å². The van der Waals surface area contributed by atoms with Gasteiger partial charge in [-0.3, -0.25) is 4.90 Å². The van der Waals surface area contributed by atoms with Crippen LogP contribution >= 0.6 is 0 Å². The van der Waals surface area contributed by atoms with Crippen LogP contribution in [0.5, 0.6) is 0 Å². The lowest BCUT2D eigenvalue weighted by atomic mass is 10.2. The topological polar surface area (TPSA) is 24.5 Å². The maximum atomic E-state index is 5.13. The van der Waals surface area contributed by atoms with E-state index in [1.165, 1.54) is 25.8 Å². The molecule has 0 rings (SSSR count). The van der Waals surface area contributed by atoms with Crippen molar-refractivity contribution in [1.82, 2.24) is 10.2 Å². The zero-order valence-electron chi connectivity index (χ0n) is 11.6. The average molecular weight is 230 g/mol. The lowest BCUT2D eigenvalue weighted by molar-refractivity contribution is 0.128. The van der Waals surface area contributed by atoms with Gasteiger partial charge in [0.1, 0.15) is 0 Å². The van der Waals surface area contributed by atoms with Crippen LogP contribution in [-0.4, -0.2) is 50.8 Å². The minimum Gasteiger partial charge on any atom is -0.383 e. The van der Waals surface area contributed by atoms with E-state index in [1.54, 1.807) is 7.11 Å². The van der Waals surface area contributed by atoms with Crippen LogP contribution in [0.4, 0.5) is 0 Å². The highest BCUT2D eigenvalue weighted by atomic mass is 16.5. The summed E-state index contributed by atoms with van der Waals surface area (Å²) in [4.78, 5) is 2.50. The molecule has 0 fully saturated rings. The van der Waals surface area contributed by atoms with Gasteiger partial charge in [0, 0.05) is 19.7 Å². The number of hydrogen-bond acceptors (Lipinski definition) is 3. The molecule has 98 valence electrons. The smallest absolute Gasteiger partial charge is 0.0589 e. The van der Waals surface area contributed by atoms with Crippen molar-refractivity contribution >= 4 is 0 Å². The Kier molecular flexibility index (Phi) is 11.3. The predicted octanol–water partition coefficient (Wildman–Crippen LogP) is 2.12. The van der Waals surface area contributed by atoms with Crippen LogP contribution < -0.4 is 5.32 Å². The van der Waals surface area contributed by atoms with E-state index in [0.29, 0.717) is 6.04 Å². The summed E-state index contributed by atoms with van der Waals surface area (Å²) in [6, 6.07) is 0.629. The molecule has 0 aromatic carbocycles. The Hall–Kier alpha value is -0.120. The van der Waals surface area contributed by atoms with E-state index in [1.807, 2.05) is 0 Å². The van der Waals surface area contributed by atoms with Crippen LogP contribution in [0.25, 0.3) is 0 Å². The minimum absolute atomic E-state index is 0.629. The highest BCUT2D eigenvalue weighted by Crippen LogP contribution is 2.03. The summed E-state index contributed by atoms with van der Waals surface area (Å²) in [5.74, 6) is 0. The van der Waals surface area contributed by atoms with Crippen molar-refractivity contribution in [3.63, 3.8) is 0 Å². The Morgan fingerprint density at radius 3 is 2.44 bits per heavy atom. The quantitative estimate of drug-likeness (QED) is 0.550. The van der Waals surface area contributed by atoms with E-state index in [0.717, 1.165) is 26.2 Å². The fourth-order valence-corrected chi connectivity index (χ4v) is 1.76. The molecule has 0 saturated carbocycles. The van der Waals surface area contributed by atoms with Gasteiger partial charge in [-0.15, -0.1) is 0 Å². The Morgan fingerprint density at radius 2 is 1.88 bits per heavy atom. The van der Waals surface area contributed by atoms with Gasteiger partial charge in [0.2, 0.25) is 0 Å². The van der Waals surface area contributed by atoms with Crippen LogP contribution in [-0.2, 0) is 4.74 Å². The number of methoxy groups -OCH3 is 1. The Labute approximate surface area is 102 Å². The summed E-state index contributed by atoms with van der Waals surface area (Å²) >= 11 is 0. The van der Waals surface area contributed by atoms with Crippen molar-refractivity contribution < 1.29 is 4.74 Å². The summed E-state index contributed by atoms with van der Waals surface area (Å²) in [5.41, 5.74) is 0. The molecule has 0 aromatic rings. The number of unbranched alkanes of at least 4 members (excludes halogenated alkanes) is 2. The maximum Gasteiger partial charge on any atom is 0.0589 e. The molecule has 0 radical (unpaired) electrons. The zero-order chi connectivity index (χ0) is 12.2. The first kappa shape index (κ1) is 15.9. The van der Waals surface area contributed by atoms with Crippen molar-refractivity contribution in [1.29, 1.82) is 0 Å². The van der Waals surface area contributed by atoms with Gasteiger partial charge in [-0.1, -0.05) is 13.3 Å². The molecule has 0 bridgehead atoms. The molecule has 16 heavy (non-hydrogen) atoms. The third-order valence-corrected chi connectivity index (χ3v) is 2.86. The van der Waals surface area contributed by atoms with E-state index in [-0.39, 0.29) is 0 Å². The summed E-state index contributed by atoms with van der Waals surface area (Å²) < 4.78 is 5.13. The summed E-state index contributed by atoms with van der Waals surface area (Å²) in [7, 11) is 1.77. The molecule has 0 unspecified atom stereocenters. The predicted molar refractivity (Wildman–Crippen MR) is 71.0 cm³/mol. The van der Waals surface area contributed by atoms with E-state index in [9.17, 15) is 0 Å². The summed E-state index contributed by atoms with van der Waals surface area (Å²) in [6.07, 6.45) is 3.92. The molecule has 3 heteroatoms. The molecular formula is C13H30N2O. The fraction of sp³-hybridized carbons (Fsp3) is 1.00. The number of ether oxygens (including phenoxy) is 1. The number of hydrogen-bond donors (Lipinski definition) is 1. The van der Waals surface area contributed by atoms with Crippen LogP contribution in [0.1, 0.15) is 40.0 Å². The van der Waals surface area contributed by atoms with E-state index < -0.39 is 0 Å². The Morgan fingerprint density at radius 1 is 1.12 bits per heavy atom. The zero-order valence-corrected chi connectivity index (χ0v) is 11.6. The first-order chi connectivity index (χ1) is 7.72. The second-order valence-electron chi connectivity index (χ2n) is 4.54. The van der Waals surface area contributed by atoms with E-state index >= 15 is 0 Å². The van der Waals surface area contributed by atoms with Gasteiger partial charge in [-0.25, -0.2) is 0 Å². The standard InChI is InChI=1S/C13H30N2O/c1-5-14-9-7-6-8-10-15(13(2)3)11-12-16-4/h13-14H,5-12H2,1-4H3. The van der Waals surface area contributed by atoms with Crippen molar-refractivity contribution in [3.8, 4) is 0 Å². The normalized spacial score (nSPS) is 11.6. The van der Waals surface area contributed by atoms with Gasteiger partial charge < -0.3 is 10.1 Å². The molecular weight excluding hydrogens is 200 g/mol. The third-order valence-electron chi connectivity index (χ3n) is 2.86. The molecule has 3 nitrogen and oxygen atoms in total. The van der Waals surface area contributed by atoms with Crippen LogP contribution in [0.15, 0.2) is 0 Å². The van der Waals surface area contributed by atoms with Crippen molar-refractivity contribution in [2.45, 2.75) is 46.1 Å². The molecule has 0 aliphatic rings. The first-order valence-corrected chi connectivity index (χ1v) is 6.66. The summed E-state index contributed by atoms with van der Waals surface area (Å²) in [6.45, 7) is 12.0. The Balaban J connectivity index is 3.44. The molecule has 0 aliphatic carbocycles. The molecule has 0 atom stereocenters. The first-order valence-electron chi connectivity index (χ1n) is 6.66. The molecule has 0 aromatic heterocycles. The number of rotatable bonds is 11. The van der Waals surface area contributed by atoms with Crippen LogP contribution in [0.3, 0.4) is 0 Å². The second-order valence-corrected chi connectivity index (χ2v) is 4.54. The molecule has 0 saturated heterocycles. The summed E-state index contributed by atoms with van der Waals surface area (Å²) in [5, 5.41) is 3.36. The van der Waals surface area contributed by atoms with E-state index in [4.69, 9.17) is 4.74 Å². The maximum absolute atomic E-state index is 5.13. The van der Waals surface area contributed by atoms with Crippen molar-refractivity contribution in [2.24, 2.45) is 0 Å². The van der Waals surface area contributed by atoms with Gasteiger partial charge in [0.15, 0.2) is 0 Å². The fourth-order valence-electron chi connectivity index (χ4n) is 1.76. The largest absolute Gasteiger partial charge is 0.383 e. The second kappa shape index (κ2) is 11.4. The van der Waals surface area contributed by atoms with Crippen LogP contribution in [0.2, 0.25) is 0 Å². The number of nitrogens with one attached hydrogen (secondary N) is 1. The van der Waals surface area contributed by atoms with Gasteiger partial charge in [0.05, 0.1) is 6.61 Å². The molecule has 0 spiro atoms. The number of nitrogens with zero attached hydrogens (tertiary/aromatic N) is 1.